The molecule has 1 saturated heterocycles. The Hall–Kier alpha value is -0.740. The molecule has 0 spiro atoms. The summed E-state index contributed by atoms with van der Waals surface area (Å²) in [6.45, 7) is 1.46. The van der Waals surface area contributed by atoms with Gasteiger partial charge in [0, 0.05) is 5.69 Å². The van der Waals surface area contributed by atoms with Crippen molar-refractivity contribution in [3.8, 4) is 0 Å². The smallest absolute Gasteiger partial charge is 0.161 e. The van der Waals surface area contributed by atoms with E-state index in [1.807, 2.05) is 37.4 Å². The Labute approximate surface area is 121 Å². The van der Waals surface area contributed by atoms with Crippen molar-refractivity contribution in [1.29, 1.82) is 0 Å². The number of para-hydroxylation sites is 1. The zero-order valence-corrected chi connectivity index (χ0v) is 12.0. The van der Waals surface area contributed by atoms with E-state index in [9.17, 15) is 0 Å². The van der Waals surface area contributed by atoms with Crippen LogP contribution in [-0.2, 0) is 0 Å². The van der Waals surface area contributed by atoms with Crippen molar-refractivity contribution in [3.05, 3.63) is 40.0 Å². The van der Waals surface area contributed by atoms with Gasteiger partial charge in [0.1, 0.15) is 10.3 Å². The monoisotopic (exact) mass is 303 g/mol. The normalized spacial score (nSPS) is 18.4. The van der Waals surface area contributed by atoms with Crippen LogP contribution in [0.15, 0.2) is 45.0 Å². The van der Waals surface area contributed by atoms with Gasteiger partial charge in [-0.15, -0.1) is 0 Å². The third kappa shape index (κ3) is 3.18. The lowest BCUT2D eigenvalue weighted by Gasteiger charge is -2.18. The number of hydrogen-bond donors (Lipinski definition) is 0. The van der Waals surface area contributed by atoms with Gasteiger partial charge < -0.3 is 4.90 Å². The Morgan fingerprint density at radius 3 is 2.44 bits per heavy atom. The molecule has 1 fully saturated rings. The van der Waals surface area contributed by atoms with Gasteiger partial charge in [-0.05, 0) is 19.2 Å². The van der Waals surface area contributed by atoms with Crippen LogP contribution in [-0.4, -0.2) is 31.0 Å². The van der Waals surface area contributed by atoms with Crippen LogP contribution in [0.1, 0.15) is 0 Å². The highest BCUT2D eigenvalue weighted by Crippen LogP contribution is 2.23. The summed E-state index contributed by atoms with van der Waals surface area (Å²) in [5.74, 6) is 0.826. The maximum absolute atomic E-state index is 5.88. The van der Waals surface area contributed by atoms with Crippen LogP contribution in [0, 0.1) is 0 Å². The number of benzene rings is 1. The zero-order valence-electron chi connectivity index (χ0n) is 9.78. The fourth-order valence-corrected chi connectivity index (χ4v) is 1.97. The molecule has 1 aliphatic heterocycles. The summed E-state index contributed by atoms with van der Waals surface area (Å²) in [4.78, 5) is 8.46. The topological polar surface area (TPSA) is 18.8 Å². The van der Waals surface area contributed by atoms with Gasteiger partial charge in [-0.25, -0.2) is 4.99 Å². The predicted molar refractivity (Wildman–Crippen MR) is 78.4 cm³/mol. The van der Waals surface area contributed by atoms with Gasteiger partial charge in [-0.3, -0.25) is 4.90 Å². The molecule has 1 heterocycles. The van der Waals surface area contributed by atoms with E-state index in [4.69, 9.17) is 34.8 Å². The highest BCUT2D eigenvalue weighted by atomic mass is 35.5. The first-order valence-corrected chi connectivity index (χ1v) is 6.51. The second kappa shape index (κ2) is 5.93. The summed E-state index contributed by atoms with van der Waals surface area (Å²) in [5.41, 5.74) is 1.07. The highest BCUT2D eigenvalue weighted by Gasteiger charge is 2.24. The summed E-state index contributed by atoms with van der Waals surface area (Å²) >= 11 is 17.1. The molecule has 0 aromatic heterocycles. The van der Waals surface area contributed by atoms with Crippen molar-refractivity contribution >= 4 is 46.3 Å². The lowest BCUT2D eigenvalue weighted by Crippen LogP contribution is -2.26. The Kier molecular flexibility index (Phi) is 4.51. The van der Waals surface area contributed by atoms with Crippen LogP contribution in [0.5, 0.6) is 0 Å². The molecular weight excluding hydrogens is 293 g/mol. The molecule has 0 unspecified atom stereocenters. The average molecular weight is 305 g/mol. The molecular formula is C12H12Cl3N3. The predicted octanol–water partition coefficient (Wildman–Crippen LogP) is 3.64. The minimum atomic E-state index is -0.0215. The fourth-order valence-electron chi connectivity index (χ4n) is 1.79. The summed E-state index contributed by atoms with van der Waals surface area (Å²) in [6.07, 6.45) is 0. The molecule has 96 valence electrons. The van der Waals surface area contributed by atoms with Crippen molar-refractivity contribution in [2.24, 2.45) is 4.99 Å². The van der Waals surface area contributed by atoms with E-state index >= 15 is 0 Å². The number of hydrogen-bond acceptors (Lipinski definition) is 2. The fraction of sp³-hybridized carbons (Fsp3) is 0.250. The largest absolute Gasteiger partial charge is 0.315 e. The third-order valence-corrected chi connectivity index (χ3v) is 3.38. The van der Waals surface area contributed by atoms with E-state index in [0.29, 0.717) is 6.54 Å². The molecule has 1 aliphatic rings. The zero-order chi connectivity index (χ0) is 13.1. The summed E-state index contributed by atoms with van der Waals surface area (Å²) < 4.78 is -0.0215. The standard InChI is InChI=1S/C12H12Cl3N3/c1-17-7-10(16-12(15)11(13)14)18(8-17)9-5-3-2-4-6-9/h2-6H,7-8H2,1H3. The van der Waals surface area contributed by atoms with Crippen LogP contribution in [0.4, 0.5) is 5.69 Å². The minimum absolute atomic E-state index is 0.0215. The maximum atomic E-state index is 5.88. The molecule has 0 saturated carbocycles. The van der Waals surface area contributed by atoms with E-state index in [1.165, 1.54) is 0 Å². The molecule has 0 aliphatic carbocycles. The summed E-state index contributed by atoms with van der Waals surface area (Å²) in [5, 5.41) is 0.115. The summed E-state index contributed by atoms with van der Waals surface area (Å²) in [6, 6.07) is 9.99. The maximum Gasteiger partial charge on any atom is 0.161 e. The first-order chi connectivity index (χ1) is 8.58. The molecule has 2 rings (SSSR count). The molecule has 1 aromatic rings. The van der Waals surface area contributed by atoms with Gasteiger partial charge in [0.2, 0.25) is 0 Å². The highest BCUT2D eigenvalue weighted by molar-refractivity contribution is 6.59. The van der Waals surface area contributed by atoms with Crippen LogP contribution in [0.3, 0.4) is 0 Å². The van der Waals surface area contributed by atoms with Gasteiger partial charge in [0.15, 0.2) is 5.16 Å². The van der Waals surface area contributed by atoms with Crippen molar-refractivity contribution in [1.82, 2.24) is 4.90 Å². The molecule has 0 N–H and O–H groups in total. The van der Waals surface area contributed by atoms with Crippen LogP contribution in [0.2, 0.25) is 0 Å². The van der Waals surface area contributed by atoms with Crippen molar-refractivity contribution in [2.75, 3.05) is 25.2 Å². The Balaban J connectivity index is 2.32. The Bertz CT molecular complexity index is 481. The number of amidine groups is 1. The van der Waals surface area contributed by atoms with Gasteiger partial charge >= 0.3 is 0 Å². The first kappa shape index (κ1) is 13.7. The van der Waals surface area contributed by atoms with E-state index in [2.05, 4.69) is 14.8 Å². The number of aliphatic imine (C=N–C) groups is 1. The SMILES string of the molecule is CN1CC(=NC(Cl)=C(Cl)Cl)N(c2ccccc2)C1. The van der Waals surface area contributed by atoms with Gasteiger partial charge in [0.25, 0.3) is 0 Å². The van der Waals surface area contributed by atoms with Crippen molar-refractivity contribution in [3.63, 3.8) is 0 Å². The van der Waals surface area contributed by atoms with Gasteiger partial charge in [0.05, 0.1) is 13.2 Å². The molecule has 0 bridgehead atoms. The van der Waals surface area contributed by atoms with Crippen LogP contribution < -0.4 is 4.90 Å². The molecule has 3 nitrogen and oxygen atoms in total. The van der Waals surface area contributed by atoms with E-state index in [1.54, 1.807) is 0 Å². The number of nitrogens with zero attached hydrogens (tertiary/aromatic N) is 3. The number of likely N-dealkylation sites (N-methyl/N-ethyl adjacent to an activating group) is 1. The second-order valence-electron chi connectivity index (χ2n) is 4.00. The lowest BCUT2D eigenvalue weighted by molar-refractivity contribution is 0.428. The number of rotatable bonds is 2. The van der Waals surface area contributed by atoms with E-state index in [0.717, 1.165) is 18.2 Å². The Morgan fingerprint density at radius 1 is 1.17 bits per heavy atom. The summed E-state index contributed by atoms with van der Waals surface area (Å²) in [7, 11) is 2.01. The lowest BCUT2D eigenvalue weighted by atomic mass is 10.3. The quantitative estimate of drug-likeness (QED) is 0.777. The average Bonchev–Trinajstić information content (AvgIpc) is 2.71. The van der Waals surface area contributed by atoms with E-state index < -0.39 is 0 Å². The molecule has 18 heavy (non-hydrogen) atoms. The van der Waals surface area contributed by atoms with Gasteiger partial charge in [-0.2, -0.15) is 0 Å². The molecule has 0 atom stereocenters. The molecule has 0 amide bonds. The second-order valence-corrected chi connectivity index (χ2v) is 5.31. The first-order valence-electron chi connectivity index (χ1n) is 5.37. The molecule has 6 heteroatoms. The van der Waals surface area contributed by atoms with Crippen molar-refractivity contribution in [2.45, 2.75) is 0 Å². The van der Waals surface area contributed by atoms with Crippen LogP contribution in [0.25, 0.3) is 0 Å². The van der Waals surface area contributed by atoms with Crippen molar-refractivity contribution < 1.29 is 0 Å². The Morgan fingerprint density at radius 2 is 1.83 bits per heavy atom. The van der Waals surface area contributed by atoms with Gasteiger partial charge in [-0.1, -0.05) is 53.0 Å². The number of anilines is 1. The van der Waals surface area contributed by atoms with E-state index in [-0.39, 0.29) is 9.65 Å². The molecule has 1 aromatic carbocycles. The van der Waals surface area contributed by atoms with Crippen LogP contribution >= 0.6 is 34.8 Å². The molecule has 0 radical (unpaired) electrons. The number of halogens is 3. The third-order valence-electron chi connectivity index (χ3n) is 2.56. The minimum Gasteiger partial charge on any atom is -0.315 e.